The Labute approximate surface area is 249 Å². The number of nitrogens with zero attached hydrogens (tertiary/aromatic N) is 3. The van der Waals surface area contributed by atoms with Crippen LogP contribution < -0.4 is 0 Å². The minimum atomic E-state index is 0.622. The molecule has 6 aromatic carbocycles. The minimum absolute atomic E-state index is 0.622. The van der Waals surface area contributed by atoms with E-state index in [0.29, 0.717) is 11.1 Å². The molecule has 0 saturated heterocycles. The molecule has 5 heteroatoms. The Morgan fingerprint density at radius 1 is 0.581 bits per heavy atom. The lowest BCUT2D eigenvalue weighted by Crippen LogP contribution is -1.94. The van der Waals surface area contributed by atoms with E-state index < -0.39 is 0 Å². The molecule has 0 aliphatic heterocycles. The van der Waals surface area contributed by atoms with E-state index in [-0.39, 0.29) is 0 Å². The second-order valence-electron chi connectivity index (χ2n) is 10.7. The maximum Gasteiger partial charge on any atom is 0.135 e. The van der Waals surface area contributed by atoms with Crippen LogP contribution in [0, 0.1) is 22.7 Å². The number of hydrogen-bond acceptors (Lipinski definition) is 4. The van der Waals surface area contributed by atoms with E-state index in [1.165, 1.54) is 0 Å². The number of hydrogen-bond donors (Lipinski definition) is 0. The molecule has 0 aliphatic carbocycles. The third-order valence-electron chi connectivity index (χ3n) is 8.48. The molecule has 9 rings (SSSR count). The second-order valence-corrected chi connectivity index (χ2v) is 11.8. The molecular formula is C38H19N3OS. The third kappa shape index (κ3) is 3.29. The Morgan fingerprint density at radius 2 is 1.37 bits per heavy atom. The Morgan fingerprint density at radius 3 is 2.26 bits per heavy atom. The zero-order chi connectivity index (χ0) is 28.7. The van der Waals surface area contributed by atoms with Gasteiger partial charge in [-0.2, -0.15) is 10.5 Å². The first-order valence-electron chi connectivity index (χ1n) is 14.0. The first-order valence-corrected chi connectivity index (χ1v) is 14.8. The van der Waals surface area contributed by atoms with Crippen molar-refractivity contribution in [2.24, 2.45) is 0 Å². The maximum atomic E-state index is 10.2. The van der Waals surface area contributed by atoms with Gasteiger partial charge < -0.3 is 8.98 Å². The normalized spacial score (nSPS) is 11.7. The average Bonchev–Trinajstić information content (AvgIpc) is 3.73. The number of furan rings is 1. The predicted molar refractivity (Wildman–Crippen MR) is 176 cm³/mol. The summed E-state index contributed by atoms with van der Waals surface area (Å²) in [4.78, 5) is 0. The van der Waals surface area contributed by atoms with Gasteiger partial charge in [-0.3, -0.25) is 0 Å². The molecule has 4 nitrogen and oxygen atoms in total. The van der Waals surface area contributed by atoms with Crippen LogP contribution in [0.15, 0.2) is 120 Å². The molecule has 0 N–H and O–H groups in total. The highest BCUT2D eigenvalue weighted by atomic mass is 32.1. The largest absolute Gasteiger partial charge is 0.456 e. The molecule has 0 saturated carbocycles. The quantitative estimate of drug-likeness (QED) is 0.209. The van der Waals surface area contributed by atoms with Crippen LogP contribution in [0.5, 0.6) is 0 Å². The zero-order valence-electron chi connectivity index (χ0n) is 22.6. The molecule has 9 aromatic rings. The van der Waals surface area contributed by atoms with Crippen molar-refractivity contribution < 1.29 is 4.42 Å². The first kappa shape index (κ1) is 23.8. The lowest BCUT2D eigenvalue weighted by atomic mass is 9.96. The van der Waals surface area contributed by atoms with Crippen LogP contribution >= 0.6 is 11.3 Å². The van der Waals surface area contributed by atoms with Crippen LogP contribution in [0.3, 0.4) is 0 Å². The van der Waals surface area contributed by atoms with Gasteiger partial charge in [-0.15, -0.1) is 11.3 Å². The number of para-hydroxylation sites is 2. The fraction of sp³-hybridized carbons (Fsp3) is 0. The smallest absolute Gasteiger partial charge is 0.135 e. The van der Waals surface area contributed by atoms with Crippen LogP contribution in [-0.4, -0.2) is 4.57 Å². The highest BCUT2D eigenvalue weighted by Crippen LogP contribution is 2.46. The molecule has 3 aromatic heterocycles. The summed E-state index contributed by atoms with van der Waals surface area (Å²) >= 11 is 1.65. The molecule has 3 heterocycles. The third-order valence-corrected chi connectivity index (χ3v) is 9.74. The number of fused-ring (bicyclic) bond motifs is 9. The number of nitriles is 2. The molecule has 0 spiro atoms. The van der Waals surface area contributed by atoms with Gasteiger partial charge in [0.2, 0.25) is 0 Å². The van der Waals surface area contributed by atoms with Gasteiger partial charge in [0.05, 0.1) is 43.3 Å². The predicted octanol–water partition coefficient (Wildman–Crippen LogP) is 10.5. The lowest BCUT2D eigenvalue weighted by Gasteiger charge is -2.10. The van der Waals surface area contributed by atoms with E-state index in [9.17, 15) is 10.5 Å². The van der Waals surface area contributed by atoms with Gasteiger partial charge in [0.1, 0.15) is 17.2 Å². The van der Waals surface area contributed by atoms with Gasteiger partial charge in [0, 0.05) is 32.3 Å². The van der Waals surface area contributed by atoms with Gasteiger partial charge in [0.15, 0.2) is 0 Å². The minimum Gasteiger partial charge on any atom is -0.456 e. The number of benzene rings is 6. The van der Waals surface area contributed by atoms with Crippen LogP contribution in [0.4, 0.5) is 0 Å². The molecule has 198 valence electrons. The highest BCUT2D eigenvalue weighted by molar-refractivity contribution is 7.26. The van der Waals surface area contributed by atoms with Crippen LogP contribution in [-0.2, 0) is 0 Å². The summed E-state index contributed by atoms with van der Waals surface area (Å²) in [6.07, 6.45) is 0. The Hall–Kier alpha value is -5.88. The van der Waals surface area contributed by atoms with Gasteiger partial charge in [-0.05, 0) is 59.7 Å². The van der Waals surface area contributed by atoms with Crippen molar-refractivity contribution in [1.29, 1.82) is 10.5 Å². The number of thiophene rings is 1. The monoisotopic (exact) mass is 565 g/mol. The van der Waals surface area contributed by atoms with Crippen LogP contribution in [0.2, 0.25) is 0 Å². The summed E-state index contributed by atoms with van der Waals surface area (Å²) in [5, 5.41) is 26.4. The SMILES string of the molecule is N#Cc1ccc2c3ccccc3n(-c3cccc4c3sc3c(C#N)ccc(-c5ccc6oc7ccccc7c6c5)c34)c2c1. The molecule has 0 radical (unpaired) electrons. The molecule has 43 heavy (non-hydrogen) atoms. The highest BCUT2D eigenvalue weighted by Gasteiger charge is 2.20. The van der Waals surface area contributed by atoms with E-state index in [4.69, 9.17) is 4.42 Å². The summed E-state index contributed by atoms with van der Waals surface area (Å²) in [5.74, 6) is 0. The lowest BCUT2D eigenvalue weighted by molar-refractivity contribution is 0.669. The van der Waals surface area contributed by atoms with E-state index in [0.717, 1.165) is 80.7 Å². The van der Waals surface area contributed by atoms with Gasteiger partial charge >= 0.3 is 0 Å². The molecular weight excluding hydrogens is 547 g/mol. The van der Waals surface area contributed by atoms with Crippen molar-refractivity contribution >= 4 is 75.3 Å². The summed E-state index contributed by atoms with van der Waals surface area (Å²) in [6, 6.07) is 43.9. The number of rotatable bonds is 2. The summed E-state index contributed by atoms with van der Waals surface area (Å²) < 4.78 is 10.4. The molecule has 0 unspecified atom stereocenters. The number of aromatic nitrogens is 1. The Balaban J connectivity index is 1.38. The average molecular weight is 566 g/mol. The van der Waals surface area contributed by atoms with E-state index in [1.54, 1.807) is 11.3 Å². The van der Waals surface area contributed by atoms with Crippen LogP contribution in [0.1, 0.15) is 11.1 Å². The molecule has 0 amide bonds. The van der Waals surface area contributed by atoms with E-state index in [1.807, 2.05) is 48.5 Å². The zero-order valence-corrected chi connectivity index (χ0v) is 23.4. The van der Waals surface area contributed by atoms with Crippen molar-refractivity contribution in [3.63, 3.8) is 0 Å². The summed E-state index contributed by atoms with van der Waals surface area (Å²) in [6.45, 7) is 0. The molecule has 0 fully saturated rings. The molecule has 0 atom stereocenters. The molecule has 0 bridgehead atoms. The van der Waals surface area contributed by atoms with Crippen LogP contribution in [0.25, 0.3) is 80.7 Å². The van der Waals surface area contributed by atoms with Crippen molar-refractivity contribution in [2.45, 2.75) is 0 Å². The van der Waals surface area contributed by atoms with Crippen molar-refractivity contribution in [2.75, 3.05) is 0 Å². The van der Waals surface area contributed by atoms with E-state index in [2.05, 4.69) is 83.4 Å². The van der Waals surface area contributed by atoms with Crippen molar-refractivity contribution in [3.8, 4) is 29.0 Å². The standard InChI is InChI=1S/C38H19N3OS/c39-20-22-12-15-27-26-6-1-3-9-31(26)41(33(27)18-22)32-10-5-8-29-36-25(16-13-24(21-40)37(36)43-38(29)32)23-14-17-35-30(19-23)28-7-2-4-11-34(28)42-35/h1-19H. The Bertz CT molecular complexity index is 2710. The topological polar surface area (TPSA) is 65.7 Å². The van der Waals surface area contributed by atoms with Gasteiger partial charge in [-0.25, -0.2) is 0 Å². The fourth-order valence-electron chi connectivity index (χ4n) is 6.59. The van der Waals surface area contributed by atoms with Crippen molar-refractivity contribution in [1.82, 2.24) is 4.57 Å². The second kappa shape index (κ2) is 8.81. The molecule has 0 aliphatic rings. The Kier molecular flexibility index (Phi) is 4.87. The van der Waals surface area contributed by atoms with Gasteiger partial charge in [-0.1, -0.05) is 66.7 Å². The fourth-order valence-corrected chi connectivity index (χ4v) is 7.88. The van der Waals surface area contributed by atoms with Gasteiger partial charge in [0.25, 0.3) is 0 Å². The maximum absolute atomic E-state index is 10.2. The van der Waals surface area contributed by atoms with Crippen molar-refractivity contribution in [3.05, 3.63) is 126 Å². The van der Waals surface area contributed by atoms with E-state index >= 15 is 0 Å². The first-order chi connectivity index (χ1) is 21.2. The summed E-state index contributed by atoms with van der Waals surface area (Å²) in [5.41, 5.74) is 8.27. The summed E-state index contributed by atoms with van der Waals surface area (Å²) in [7, 11) is 0.